The molecule has 2 N–H and O–H groups in total. The van der Waals surface area contributed by atoms with E-state index in [0.717, 1.165) is 37.0 Å². The van der Waals surface area contributed by atoms with Gasteiger partial charge >= 0.3 is 18.2 Å². The zero-order chi connectivity index (χ0) is 34.5. The summed E-state index contributed by atoms with van der Waals surface area (Å²) in [5.74, 6) is 5.73. The second-order valence-electron chi connectivity index (χ2n) is 15.5. The first kappa shape index (κ1) is 36.6. The minimum Gasteiger partial charge on any atom is -0.477 e. The molecule has 2 heterocycles. The Morgan fingerprint density at radius 2 is 1.55 bits per heavy atom. The molecule has 2 aliphatic carbocycles. The molecule has 2 saturated carbocycles. The summed E-state index contributed by atoms with van der Waals surface area (Å²) in [4.78, 5) is 56.0. The number of likely N-dealkylation sites (tertiary alicyclic amines) is 1. The molecule has 11 heteroatoms. The molecule has 47 heavy (non-hydrogen) atoms. The van der Waals surface area contributed by atoms with Crippen LogP contribution in [0.4, 0.5) is 15.3 Å². The van der Waals surface area contributed by atoms with E-state index in [0.29, 0.717) is 68.1 Å². The molecule has 1 aromatic heterocycles. The number of thiophene rings is 1. The van der Waals surface area contributed by atoms with E-state index >= 15 is 0 Å². The van der Waals surface area contributed by atoms with Crippen molar-refractivity contribution in [2.75, 3.05) is 18.0 Å². The van der Waals surface area contributed by atoms with Crippen molar-refractivity contribution in [2.24, 2.45) is 17.3 Å². The van der Waals surface area contributed by atoms with Crippen molar-refractivity contribution in [3.63, 3.8) is 0 Å². The van der Waals surface area contributed by atoms with E-state index in [4.69, 9.17) is 9.47 Å². The molecule has 0 bridgehead atoms. The predicted molar refractivity (Wildman–Crippen MR) is 183 cm³/mol. The van der Waals surface area contributed by atoms with Gasteiger partial charge in [0.05, 0.1) is 10.6 Å². The number of anilines is 1. The Morgan fingerprint density at radius 3 is 2.11 bits per heavy atom. The Labute approximate surface area is 283 Å². The van der Waals surface area contributed by atoms with Gasteiger partial charge in [-0.15, -0.1) is 11.3 Å². The van der Waals surface area contributed by atoms with Crippen molar-refractivity contribution in [1.29, 1.82) is 0 Å². The van der Waals surface area contributed by atoms with Crippen LogP contribution in [0.2, 0.25) is 0 Å². The lowest BCUT2D eigenvalue weighted by Gasteiger charge is -2.39. The Balaban J connectivity index is 1.40. The van der Waals surface area contributed by atoms with E-state index in [2.05, 4.69) is 24.1 Å². The molecular formula is C36H53N3O7S. The molecule has 3 amide bonds. The fraction of sp³-hybridized carbons (Fsp3) is 0.722. The molecule has 0 atom stereocenters. The Bertz CT molecular complexity index is 1340. The Morgan fingerprint density at radius 1 is 0.936 bits per heavy atom. The van der Waals surface area contributed by atoms with E-state index in [1.54, 1.807) is 15.9 Å². The fourth-order valence-electron chi connectivity index (χ4n) is 6.54. The number of piperidine rings is 1. The maximum absolute atomic E-state index is 14.2. The van der Waals surface area contributed by atoms with Gasteiger partial charge < -0.3 is 29.7 Å². The van der Waals surface area contributed by atoms with Gasteiger partial charge in [-0.25, -0.2) is 14.4 Å². The van der Waals surface area contributed by atoms with Crippen LogP contribution in [-0.2, 0) is 14.3 Å². The van der Waals surface area contributed by atoms with Crippen molar-refractivity contribution >= 4 is 41.1 Å². The number of rotatable bonds is 6. The number of carboxylic acid groups (broad SMARTS) is 1. The molecule has 1 saturated heterocycles. The number of nitrogens with zero attached hydrogens (tertiary/aromatic N) is 2. The molecular weight excluding hydrogens is 618 g/mol. The quantitative estimate of drug-likeness (QED) is 0.301. The van der Waals surface area contributed by atoms with Crippen LogP contribution in [0.5, 0.6) is 0 Å². The number of carboxylic acids is 1. The smallest absolute Gasteiger partial charge is 0.410 e. The molecule has 1 aromatic rings. The summed E-state index contributed by atoms with van der Waals surface area (Å²) in [6, 6.07) is 1.50. The van der Waals surface area contributed by atoms with Gasteiger partial charge in [0.25, 0.3) is 0 Å². The van der Waals surface area contributed by atoms with Crippen molar-refractivity contribution in [2.45, 2.75) is 136 Å². The van der Waals surface area contributed by atoms with Crippen LogP contribution < -0.4 is 10.2 Å². The summed E-state index contributed by atoms with van der Waals surface area (Å²) in [6.07, 6.45) is 6.13. The highest BCUT2D eigenvalue weighted by Crippen LogP contribution is 2.39. The highest BCUT2D eigenvalue weighted by molar-refractivity contribution is 7.15. The first-order valence-electron chi connectivity index (χ1n) is 17.2. The van der Waals surface area contributed by atoms with Gasteiger partial charge in [-0.3, -0.25) is 4.79 Å². The van der Waals surface area contributed by atoms with Crippen LogP contribution in [0.1, 0.15) is 127 Å². The van der Waals surface area contributed by atoms with Gasteiger partial charge in [-0.2, -0.15) is 0 Å². The van der Waals surface area contributed by atoms with Crippen molar-refractivity contribution < 1.29 is 33.8 Å². The lowest BCUT2D eigenvalue weighted by molar-refractivity contribution is -0.124. The van der Waals surface area contributed by atoms with Gasteiger partial charge in [-0.1, -0.05) is 18.8 Å². The van der Waals surface area contributed by atoms with E-state index in [9.17, 15) is 24.3 Å². The maximum Gasteiger partial charge on any atom is 0.410 e. The number of carbonyl (C=O) groups excluding carboxylic acids is 3. The third kappa shape index (κ3) is 10.6. The van der Waals surface area contributed by atoms with Gasteiger partial charge in [0.2, 0.25) is 5.91 Å². The molecule has 3 fully saturated rings. The van der Waals surface area contributed by atoms with E-state index in [1.165, 1.54) is 0 Å². The first-order chi connectivity index (χ1) is 22.0. The number of aromatic carboxylic acids is 1. The number of amides is 3. The fourth-order valence-corrected chi connectivity index (χ4v) is 7.38. The lowest BCUT2D eigenvalue weighted by Crippen LogP contribution is -2.49. The van der Waals surface area contributed by atoms with Gasteiger partial charge in [0, 0.05) is 49.3 Å². The summed E-state index contributed by atoms with van der Waals surface area (Å²) < 4.78 is 11.2. The van der Waals surface area contributed by atoms with Crippen LogP contribution in [0.15, 0.2) is 6.07 Å². The molecule has 260 valence electrons. The topological polar surface area (TPSA) is 125 Å². The van der Waals surface area contributed by atoms with Crippen molar-refractivity contribution in [3.05, 3.63) is 15.8 Å². The summed E-state index contributed by atoms with van der Waals surface area (Å²) in [5.41, 5.74) is -0.363. The molecule has 0 spiro atoms. The summed E-state index contributed by atoms with van der Waals surface area (Å²) in [7, 11) is 0. The highest BCUT2D eigenvalue weighted by atomic mass is 32.1. The minimum absolute atomic E-state index is 0.000994. The standard InChI is InChI=1S/C36H53N3O7S/c1-23-8-10-24(11-9-23)31(40)39(29-22-28(16-19-35(2,3)4)47-30(29)32(41)42)26-14-12-25(13-15-26)37-33(43)45-27-17-20-38(21-18-27)34(44)46-36(5,6)7/h22-27H,8-15,17-18,20-21H2,1-7H3,(H,37,43)(H,41,42). The largest absolute Gasteiger partial charge is 0.477 e. The van der Waals surface area contributed by atoms with Gasteiger partial charge in [0.15, 0.2) is 0 Å². The third-order valence-electron chi connectivity index (χ3n) is 9.08. The maximum atomic E-state index is 14.2. The monoisotopic (exact) mass is 671 g/mol. The average molecular weight is 672 g/mol. The summed E-state index contributed by atoms with van der Waals surface area (Å²) in [6.45, 7) is 14.7. The summed E-state index contributed by atoms with van der Waals surface area (Å²) >= 11 is 1.13. The first-order valence-corrected chi connectivity index (χ1v) is 18.0. The SMILES string of the molecule is CC1CCC(C(=O)N(c2cc(C#CC(C)(C)C)sc2C(=O)O)C2CCC(NC(=O)OC3CCN(C(=O)OC(C)(C)C)CC3)CC2)CC1. The van der Waals surface area contributed by atoms with Crippen LogP contribution in [0, 0.1) is 29.1 Å². The van der Waals surface area contributed by atoms with E-state index < -0.39 is 17.7 Å². The van der Waals surface area contributed by atoms with Gasteiger partial charge in [0.1, 0.15) is 16.6 Å². The predicted octanol–water partition coefficient (Wildman–Crippen LogP) is 7.44. The number of alkyl carbamates (subject to hydrolysis) is 1. The van der Waals surface area contributed by atoms with Gasteiger partial charge in [-0.05, 0) is 105 Å². The van der Waals surface area contributed by atoms with E-state index in [-0.39, 0.29) is 46.4 Å². The average Bonchev–Trinajstić information content (AvgIpc) is 3.41. The van der Waals surface area contributed by atoms with Crippen LogP contribution in [-0.4, -0.2) is 70.9 Å². The molecule has 0 unspecified atom stereocenters. The van der Waals surface area contributed by atoms with E-state index in [1.807, 2.05) is 41.5 Å². The second-order valence-corrected chi connectivity index (χ2v) is 16.6. The second kappa shape index (κ2) is 15.3. The molecule has 0 aromatic carbocycles. The summed E-state index contributed by atoms with van der Waals surface area (Å²) in [5, 5.41) is 13.2. The number of hydrogen-bond donors (Lipinski definition) is 2. The van der Waals surface area contributed by atoms with Crippen molar-refractivity contribution in [1.82, 2.24) is 10.2 Å². The molecule has 3 aliphatic rings. The molecule has 10 nitrogen and oxygen atoms in total. The zero-order valence-corrected chi connectivity index (χ0v) is 30.0. The van der Waals surface area contributed by atoms with Crippen LogP contribution >= 0.6 is 11.3 Å². The van der Waals surface area contributed by atoms with Crippen LogP contribution in [0.3, 0.4) is 0 Å². The highest BCUT2D eigenvalue weighted by Gasteiger charge is 2.38. The number of carbonyl (C=O) groups is 4. The van der Waals surface area contributed by atoms with Crippen molar-refractivity contribution in [3.8, 4) is 11.8 Å². The third-order valence-corrected chi connectivity index (χ3v) is 10.1. The normalized spacial score (nSPS) is 24.0. The lowest BCUT2D eigenvalue weighted by atomic mass is 9.81. The Kier molecular flexibility index (Phi) is 11.9. The number of ether oxygens (including phenoxy) is 2. The number of nitrogens with one attached hydrogen (secondary N) is 1. The number of hydrogen-bond acceptors (Lipinski definition) is 7. The minimum atomic E-state index is -1.06. The molecule has 0 radical (unpaired) electrons. The Hall–Kier alpha value is -3.26. The molecule has 1 aliphatic heterocycles. The molecule has 4 rings (SSSR count). The van der Waals surface area contributed by atoms with Crippen LogP contribution in [0.25, 0.3) is 0 Å². The zero-order valence-electron chi connectivity index (χ0n) is 29.1.